The Bertz CT molecular complexity index is 191. The van der Waals surface area contributed by atoms with E-state index in [1.165, 1.54) is 0 Å². The standard InChI is InChI=1S/C9H20N2O5/c12-6-7(13)5-10-4-2-1-3-8(11-16)9(14)15/h7-8,10-13,16H,1-6H2,(H,14,15)/t7?,8-/m0/s1. The van der Waals surface area contributed by atoms with Gasteiger partial charge in [0.05, 0.1) is 12.7 Å². The summed E-state index contributed by atoms with van der Waals surface area (Å²) >= 11 is 0. The molecule has 0 heterocycles. The molecule has 7 heteroatoms. The fourth-order valence-electron chi connectivity index (χ4n) is 1.17. The van der Waals surface area contributed by atoms with E-state index in [-0.39, 0.29) is 6.61 Å². The number of carboxylic acid groups (broad SMARTS) is 1. The summed E-state index contributed by atoms with van der Waals surface area (Å²) in [5.41, 5.74) is 1.73. The van der Waals surface area contributed by atoms with Crippen LogP contribution in [0.5, 0.6) is 0 Å². The zero-order valence-corrected chi connectivity index (χ0v) is 9.09. The quantitative estimate of drug-likeness (QED) is 0.202. The number of hydrogen-bond acceptors (Lipinski definition) is 6. The predicted molar refractivity (Wildman–Crippen MR) is 56.2 cm³/mol. The van der Waals surface area contributed by atoms with E-state index in [1.807, 2.05) is 0 Å². The number of aliphatic hydroxyl groups is 2. The first-order valence-corrected chi connectivity index (χ1v) is 5.23. The van der Waals surface area contributed by atoms with Crippen molar-refractivity contribution >= 4 is 5.97 Å². The van der Waals surface area contributed by atoms with E-state index in [0.717, 1.165) is 6.42 Å². The summed E-state index contributed by atoms with van der Waals surface area (Å²) < 4.78 is 0. The molecule has 0 fully saturated rings. The van der Waals surface area contributed by atoms with Gasteiger partial charge in [-0.25, -0.2) is 0 Å². The van der Waals surface area contributed by atoms with E-state index in [4.69, 9.17) is 20.5 Å². The van der Waals surface area contributed by atoms with Gasteiger partial charge in [0, 0.05) is 6.54 Å². The van der Waals surface area contributed by atoms with E-state index in [2.05, 4.69) is 5.32 Å². The Kier molecular flexibility index (Phi) is 9.06. The zero-order chi connectivity index (χ0) is 12.4. The van der Waals surface area contributed by atoms with Crippen molar-refractivity contribution in [3.05, 3.63) is 0 Å². The van der Waals surface area contributed by atoms with Crippen molar-refractivity contribution in [3.8, 4) is 0 Å². The monoisotopic (exact) mass is 236 g/mol. The summed E-state index contributed by atoms with van der Waals surface area (Å²) in [4.78, 5) is 10.5. The van der Waals surface area contributed by atoms with Gasteiger partial charge >= 0.3 is 5.97 Å². The summed E-state index contributed by atoms with van der Waals surface area (Å²) in [5.74, 6) is -1.08. The van der Waals surface area contributed by atoms with Crippen LogP contribution in [0, 0.1) is 0 Å². The minimum absolute atomic E-state index is 0.275. The number of nitrogens with one attached hydrogen (secondary N) is 2. The van der Waals surface area contributed by atoms with Crippen LogP contribution in [0.2, 0.25) is 0 Å². The molecule has 0 aromatic rings. The highest BCUT2D eigenvalue weighted by atomic mass is 16.5. The number of unbranched alkanes of at least 4 members (excludes halogenated alkanes) is 1. The van der Waals surface area contributed by atoms with Crippen LogP contribution in [0.4, 0.5) is 0 Å². The van der Waals surface area contributed by atoms with Crippen LogP contribution in [0.3, 0.4) is 0 Å². The Balaban J connectivity index is 3.35. The van der Waals surface area contributed by atoms with Gasteiger partial charge in [-0.05, 0) is 25.8 Å². The molecule has 2 atom stereocenters. The lowest BCUT2D eigenvalue weighted by Crippen LogP contribution is -2.34. The number of carboxylic acids is 1. The highest BCUT2D eigenvalue weighted by molar-refractivity contribution is 5.73. The summed E-state index contributed by atoms with van der Waals surface area (Å²) in [5, 5.41) is 37.5. The summed E-state index contributed by atoms with van der Waals surface area (Å²) in [6, 6.07) is -0.928. The highest BCUT2D eigenvalue weighted by Gasteiger charge is 2.14. The van der Waals surface area contributed by atoms with Crippen LogP contribution in [0.1, 0.15) is 19.3 Å². The summed E-state index contributed by atoms with van der Waals surface area (Å²) in [6.45, 7) is 0.675. The fourth-order valence-corrected chi connectivity index (χ4v) is 1.17. The van der Waals surface area contributed by atoms with Gasteiger partial charge in [-0.3, -0.25) is 4.79 Å². The van der Waals surface area contributed by atoms with Gasteiger partial charge in [-0.2, -0.15) is 5.48 Å². The zero-order valence-electron chi connectivity index (χ0n) is 9.09. The van der Waals surface area contributed by atoms with Crippen molar-refractivity contribution in [3.63, 3.8) is 0 Å². The second-order valence-corrected chi connectivity index (χ2v) is 3.56. The summed E-state index contributed by atoms with van der Waals surface area (Å²) in [7, 11) is 0. The molecule has 0 radical (unpaired) electrons. The molecule has 96 valence electrons. The third-order valence-corrected chi connectivity index (χ3v) is 2.14. The van der Waals surface area contributed by atoms with Crippen LogP contribution >= 0.6 is 0 Å². The maximum absolute atomic E-state index is 10.5. The molecule has 0 aromatic heterocycles. The molecule has 0 aromatic carbocycles. The van der Waals surface area contributed by atoms with E-state index in [9.17, 15) is 4.79 Å². The lowest BCUT2D eigenvalue weighted by Gasteiger charge is -2.11. The third-order valence-electron chi connectivity index (χ3n) is 2.14. The van der Waals surface area contributed by atoms with Crippen molar-refractivity contribution in [1.82, 2.24) is 10.8 Å². The van der Waals surface area contributed by atoms with Gasteiger partial charge < -0.3 is 25.8 Å². The van der Waals surface area contributed by atoms with E-state index < -0.39 is 18.1 Å². The Morgan fingerprint density at radius 2 is 2.00 bits per heavy atom. The second-order valence-electron chi connectivity index (χ2n) is 3.56. The van der Waals surface area contributed by atoms with Crippen molar-refractivity contribution in [2.75, 3.05) is 19.7 Å². The average Bonchev–Trinajstić information content (AvgIpc) is 2.27. The molecular formula is C9H20N2O5. The van der Waals surface area contributed by atoms with Crippen LogP contribution in [-0.2, 0) is 4.79 Å². The molecule has 0 aliphatic heterocycles. The topological polar surface area (TPSA) is 122 Å². The first-order valence-electron chi connectivity index (χ1n) is 5.23. The lowest BCUT2D eigenvalue weighted by atomic mass is 10.1. The van der Waals surface area contributed by atoms with Crippen molar-refractivity contribution < 1.29 is 25.3 Å². The molecule has 0 aliphatic carbocycles. The molecule has 0 saturated carbocycles. The average molecular weight is 236 g/mol. The van der Waals surface area contributed by atoms with Gasteiger partial charge in [-0.1, -0.05) is 0 Å². The highest BCUT2D eigenvalue weighted by Crippen LogP contribution is 2.00. The van der Waals surface area contributed by atoms with Crippen LogP contribution in [0.15, 0.2) is 0 Å². The molecule has 0 bridgehead atoms. The van der Waals surface area contributed by atoms with Crippen molar-refractivity contribution in [2.24, 2.45) is 0 Å². The predicted octanol–water partition coefficient (Wildman–Crippen LogP) is -1.47. The Morgan fingerprint density at radius 1 is 1.31 bits per heavy atom. The Morgan fingerprint density at radius 3 is 2.50 bits per heavy atom. The van der Waals surface area contributed by atoms with Crippen molar-refractivity contribution in [2.45, 2.75) is 31.4 Å². The SMILES string of the molecule is O=C(O)[C@H](CCCCNCC(O)CO)NO. The van der Waals surface area contributed by atoms with Crippen LogP contribution in [0.25, 0.3) is 0 Å². The summed E-state index contributed by atoms with van der Waals surface area (Å²) in [6.07, 6.45) is 0.970. The fraction of sp³-hybridized carbons (Fsp3) is 0.889. The van der Waals surface area contributed by atoms with Gasteiger partial charge in [0.15, 0.2) is 0 Å². The number of rotatable bonds is 10. The largest absolute Gasteiger partial charge is 0.480 e. The third kappa shape index (κ3) is 7.55. The minimum Gasteiger partial charge on any atom is -0.480 e. The molecule has 0 amide bonds. The lowest BCUT2D eigenvalue weighted by molar-refractivity contribution is -0.142. The van der Waals surface area contributed by atoms with Gasteiger partial charge in [0.25, 0.3) is 0 Å². The van der Waals surface area contributed by atoms with E-state index >= 15 is 0 Å². The number of carbonyl (C=O) groups is 1. The second kappa shape index (κ2) is 9.49. The molecule has 0 aliphatic rings. The number of aliphatic hydroxyl groups excluding tert-OH is 2. The van der Waals surface area contributed by atoms with E-state index in [1.54, 1.807) is 5.48 Å². The molecule has 0 spiro atoms. The number of hydroxylamine groups is 1. The van der Waals surface area contributed by atoms with Crippen molar-refractivity contribution in [1.29, 1.82) is 0 Å². The Labute approximate surface area is 94.1 Å². The first kappa shape index (κ1) is 15.3. The normalized spacial score (nSPS) is 14.7. The molecule has 6 N–H and O–H groups in total. The number of hydrogen-bond donors (Lipinski definition) is 6. The Hall–Kier alpha value is -0.730. The first-order chi connectivity index (χ1) is 7.61. The van der Waals surface area contributed by atoms with Gasteiger partial charge in [0.1, 0.15) is 6.04 Å². The molecular weight excluding hydrogens is 216 g/mol. The molecule has 0 saturated heterocycles. The van der Waals surface area contributed by atoms with Crippen LogP contribution in [-0.4, -0.2) is 58.3 Å². The van der Waals surface area contributed by atoms with Gasteiger partial charge in [0.2, 0.25) is 0 Å². The molecule has 1 unspecified atom stereocenters. The number of aliphatic carboxylic acids is 1. The van der Waals surface area contributed by atoms with Crippen LogP contribution < -0.4 is 10.8 Å². The van der Waals surface area contributed by atoms with E-state index in [0.29, 0.717) is 25.9 Å². The minimum atomic E-state index is -1.08. The maximum Gasteiger partial charge on any atom is 0.323 e. The maximum atomic E-state index is 10.5. The molecule has 16 heavy (non-hydrogen) atoms. The van der Waals surface area contributed by atoms with Gasteiger partial charge in [-0.15, -0.1) is 0 Å². The molecule has 7 nitrogen and oxygen atoms in total. The molecule has 0 rings (SSSR count). The smallest absolute Gasteiger partial charge is 0.323 e.